The average Bonchev–Trinajstić information content (AvgIpc) is 2.80. The Morgan fingerprint density at radius 3 is 2.65 bits per heavy atom. The van der Waals surface area contributed by atoms with Gasteiger partial charge >= 0.3 is 0 Å². The van der Waals surface area contributed by atoms with Crippen molar-refractivity contribution in [3.8, 4) is 0 Å². The Balaban J connectivity index is 2.65. The summed E-state index contributed by atoms with van der Waals surface area (Å²) in [4.78, 5) is 0. The first-order valence-corrected chi connectivity index (χ1v) is 8.63. The van der Waals surface area contributed by atoms with Crippen LogP contribution in [0.3, 0.4) is 0 Å². The molecule has 1 rings (SSSR count). The molecule has 1 heterocycles. The van der Waals surface area contributed by atoms with E-state index in [1.807, 2.05) is 0 Å². The van der Waals surface area contributed by atoms with E-state index in [2.05, 4.69) is 19.2 Å². The molecule has 3 nitrogen and oxygen atoms in total. The smallest absolute Gasteiger partial charge is 0.189 e. The molecule has 17 heavy (non-hydrogen) atoms. The highest BCUT2D eigenvalue weighted by molar-refractivity contribution is 7.93. The average molecular weight is 275 g/mol. The van der Waals surface area contributed by atoms with Gasteiger partial charge < -0.3 is 5.32 Å². The van der Waals surface area contributed by atoms with Crippen LogP contribution in [-0.4, -0.2) is 26.8 Å². The molecule has 0 fully saturated rings. The van der Waals surface area contributed by atoms with E-state index in [9.17, 15) is 8.42 Å². The molecule has 0 aromatic carbocycles. The summed E-state index contributed by atoms with van der Waals surface area (Å²) in [6.45, 7) is 5.05. The van der Waals surface area contributed by atoms with Crippen molar-refractivity contribution in [3.05, 3.63) is 17.5 Å². The van der Waals surface area contributed by atoms with Crippen molar-refractivity contribution < 1.29 is 8.42 Å². The van der Waals surface area contributed by atoms with Crippen LogP contribution in [0, 0.1) is 0 Å². The third kappa shape index (κ3) is 4.77. The van der Waals surface area contributed by atoms with Gasteiger partial charge in [0.05, 0.1) is 5.75 Å². The van der Waals surface area contributed by atoms with Crippen LogP contribution in [0.15, 0.2) is 21.7 Å². The lowest BCUT2D eigenvalue weighted by atomic mass is 10.2. The molecular formula is C12H21NO2S2. The molecule has 5 heteroatoms. The number of hydrogen-bond donors (Lipinski definition) is 1. The lowest BCUT2D eigenvalue weighted by Crippen LogP contribution is -2.35. The molecule has 1 atom stereocenters. The Morgan fingerprint density at radius 1 is 1.35 bits per heavy atom. The molecule has 98 valence electrons. The minimum atomic E-state index is -3.11. The maximum Gasteiger partial charge on any atom is 0.189 e. The van der Waals surface area contributed by atoms with Crippen LogP contribution in [0.5, 0.6) is 0 Å². The van der Waals surface area contributed by atoms with Gasteiger partial charge in [0.15, 0.2) is 9.84 Å². The third-order valence-electron chi connectivity index (χ3n) is 2.54. The fourth-order valence-electron chi connectivity index (χ4n) is 1.73. The van der Waals surface area contributed by atoms with Crippen LogP contribution in [-0.2, 0) is 9.84 Å². The highest BCUT2D eigenvalue weighted by Crippen LogP contribution is 2.19. The Labute approximate surface area is 108 Å². The lowest BCUT2D eigenvalue weighted by molar-refractivity contribution is 0.500. The van der Waals surface area contributed by atoms with Crippen molar-refractivity contribution in [2.24, 2.45) is 0 Å². The molecule has 0 saturated carbocycles. The molecule has 0 aliphatic carbocycles. The summed E-state index contributed by atoms with van der Waals surface area (Å²) in [7, 11) is -3.11. The summed E-state index contributed by atoms with van der Waals surface area (Å²) < 4.78 is 24.7. The van der Waals surface area contributed by atoms with Crippen LogP contribution >= 0.6 is 11.3 Å². The highest BCUT2D eigenvalue weighted by Gasteiger charge is 2.21. The predicted octanol–water partition coefficient (Wildman–Crippen LogP) is 2.69. The monoisotopic (exact) mass is 275 g/mol. The van der Waals surface area contributed by atoms with E-state index >= 15 is 0 Å². The normalized spacial score (nSPS) is 13.8. The van der Waals surface area contributed by atoms with Gasteiger partial charge in [0, 0.05) is 6.04 Å². The Bertz CT molecular complexity index is 398. The summed E-state index contributed by atoms with van der Waals surface area (Å²) in [5.74, 6) is 0.210. The quantitative estimate of drug-likeness (QED) is 0.793. The molecule has 1 aromatic heterocycles. The van der Waals surface area contributed by atoms with Gasteiger partial charge in [0.2, 0.25) is 0 Å². The molecule has 0 aliphatic rings. The van der Waals surface area contributed by atoms with Gasteiger partial charge in [-0.2, -0.15) is 0 Å². The molecular weight excluding hydrogens is 254 g/mol. The Kier molecular flexibility index (Phi) is 6.16. The predicted molar refractivity (Wildman–Crippen MR) is 73.4 cm³/mol. The van der Waals surface area contributed by atoms with Crippen molar-refractivity contribution in [1.29, 1.82) is 0 Å². The molecule has 0 amide bonds. The van der Waals surface area contributed by atoms with Crippen molar-refractivity contribution in [3.63, 3.8) is 0 Å². The highest BCUT2D eigenvalue weighted by atomic mass is 32.2. The van der Waals surface area contributed by atoms with Crippen molar-refractivity contribution in [2.75, 3.05) is 12.3 Å². The molecule has 0 radical (unpaired) electrons. The summed E-state index contributed by atoms with van der Waals surface area (Å²) >= 11 is 1.30. The van der Waals surface area contributed by atoms with Crippen molar-refractivity contribution in [2.45, 2.75) is 43.4 Å². The fourth-order valence-corrected chi connectivity index (χ4v) is 4.40. The maximum absolute atomic E-state index is 12.1. The summed E-state index contributed by atoms with van der Waals surface area (Å²) in [5, 5.41) is 5.12. The molecule has 0 aliphatic heterocycles. The zero-order valence-electron chi connectivity index (χ0n) is 10.5. The van der Waals surface area contributed by atoms with Crippen LogP contribution in [0.4, 0.5) is 0 Å². The number of nitrogens with one attached hydrogen (secondary N) is 1. The summed E-state index contributed by atoms with van der Waals surface area (Å²) in [5.41, 5.74) is 0. The van der Waals surface area contributed by atoms with Gasteiger partial charge in [-0.05, 0) is 30.8 Å². The van der Waals surface area contributed by atoms with E-state index in [1.165, 1.54) is 11.3 Å². The largest absolute Gasteiger partial charge is 0.313 e. The van der Waals surface area contributed by atoms with Gasteiger partial charge in [-0.3, -0.25) is 0 Å². The second kappa shape index (κ2) is 7.13. The minimum absolute atomic E-state index is 0.0760. The molecule has 1 unspecified atom stereocenters. The zero-order valence-corrected chi connectivity index (χ0v) is 12.1. The number of hydrogen-bond acceptors (Lipinski definition) is 4. The number of thiophene rings is 1. The Morgan fingerprint density at radius 2 is 2.12 bits per heavy atom. The summed E-state index contributed by atoms with van der Waals surface area (Å²) in [6.07, 6.45) is 2.94. The van der Waals surface area contributed by atoms with Gasteiger partial charge in [0.25, 0.3) is 0 Å². The molecule has 0 saturated heterocycles. The Hall–Kier alpha value is -0.390. The van der Waals surface area contributed by atoms with Crippen molar-refractivity contribution in [1.82, 2.24) is 5.32 Å². The minimum Gasteiger partial charge on any atom is -0.313 e. The number of sulfone groups is 1. The van der Waals surface area contributed by atoms with E-state index in [4.69, 9.17) is 0 Å². The van der Waals surface area contributed by atoms with Crippen molar-refractivity contribution >= 4 is 21.2 Å². The molecule has 0 spiro atoms. The first-order valence-electron chi connectivity index (χ1n) is 6.09. The maximum atomic E-state index is 12.1. The van der Waals surface area contributed by atoms with Gasteiger partial charge in [0.1, 0.15) is 4.21 Å². The van der Waals surface area contributed by atoms with E-state index < -0.39 is 9.84 Å². The van der Waals surface area contributed by atoms with E-state index in [-0.39, 0.29) is 11.8 Å². The number of rotatable bonds is 8. The van der Waals surface area contributed by atoms with E-state index in [0.29, 0.717) is 4.21 Å². The van der Waals surface area contributed by atoms with Gasteiger partial charge in [-0.1, -0.05) is 26.3 Å². The van der Waals surface area contributed by atoms with E-state index in [1.54, 1.807) is 17.5 Å². The zero-order chi connectivity index (χ0) is 12.7. The molecule has 0 bridgehead atoms. The van der Waals surface area contributed by atoms with Gasteiger partial charge in [-0.15, -0.1) is 11.3 Å². The van der Waals surface area contributed by atoms with Crippen LogP contribution in [0.25, 0.3) is 0 Å². The fraction of sp³-hybridized carbons (Fsp3) is 0.667. The topological polar surface area (TPSA) is 46.2 Å². The molecule has 1 aromatic rings. The van der Waals surface area contributed by atoms with Crippen LogP contribution < -0.4 is 5.32 Å². The first kappa shape index (κ1) is 14.7. The first-order chi connectivity index (χ1) is 8.10. The second-order valence-electron chi connectivity index (χ2n) is 4.15. The van der Waals surface area contributed by atoms with Crippen LogP contribution in [0.1, 0.15) is 33.1 Å². The van der Waals surface area contributed by atoms with Crippen LogP contribution in [0.2, 0.25) is 0 Å². The molecule has 1 N–H and O–H groups in total. The SMILES string of the molecule is CCCNC(CCC)CS(=O)(=O)c1cccs1. The standard InChI is InChI=1S/C12H21NO2S2/c1-3-6-11(13-8-4-2)10-17(14,15)12-7-5-9-16-12/h5,7,9,11,13H,3-4,6,8,10H2,1-2H3. The third-order valence-corrected chi connectivity index (χ3v) is 5.84. The second-order valence-corrected chi connectivity index (χ2v) is 7.36. The lowest BCUT2D eigenvalue weighted by Gasteiger charge is -2.17. The van der Waals surface area contributed by atoms with E-state index in [0.717, 1.165) is 25.8 Å². The summed E-state index contributed by atoms with van der Waals surface area (Å²) in [6, 6.07) is 3.54. The van der Waals surface area contributed by atoms with Gasteiger partial charge in [-0.25, -0.2) is 8.42 Å².